The number of esters is 1. The summed E-state index contributed by atoms with van der Waals surface area (Å²) in [7, 11) is 1.27. The van der Waals surface area contributed by atoms with E-state index in [4.69, 9.17) is 0 Å². The van der Waals surface area contributed by atoms with Crippen LogP contribution in [0.2, 0.25) is 0 Å². The van der Waals surface area contributed by atoms with Gasteiger partial charge < -0.3 is 4.74 Å². The molecule has 0 aliphatic carbocycles. The molecule has 0 bridgehead atoms. The number of methoxy groups -OCH3 is 1. The second-order valence-electron chi connectivity index (χ2n) is 3.91. The van der Waals surface area contributed by atoms with E-state index in [9.17, 15) is 9.59 Å². The predicted molar refractivity (Wildman–Crippen MR) is 71.1 cm³/mol. The zero-order valence-electron chi connectivity index (χ0n) is 10.8. The van der Waals surface area contributed by atoms with Crippen LogP contribution in [0, 0.1) is 13.8 Å². The minimum atomic E-state index is -0.544. The van der Waals surface area contributed by atoms with Gasteiger partial charge in [0.2, 0.25) is 5.01 Å². The molecule has 0 radical (unpaired) electrons. The molecule has 0 unspecified atom stereocenters. The Kier molecular flexibility index (Phi) is 3.66. The first-order valence-corrected chi connectivity index (χ1v) is 6.35. The zero-order valence-corrected chi connectivity index (χ0v) is 11.6. The molecule has 1 amide bonds. The number of amides is 1. The van der Waals surface area contributed by atoms with Crippen LogP contribution in [0.4, 0.5) is 0 Å². The largest absolute Gasteiger partial charge is 0.464 e. The highest BCUT2D eigenvalue weighted by atomic mass is 32.1. The third-order valence-electron chi connectivity index (χ3n) is 2.57. The van der Waals surface area contributed by atoms with Crippen LogP contribution in [0.15, 0.2) is 18.3 Å². The van der Waals surface area contributed by atoms with E-state index in [1.165, 1.54) is 13.3 Å². The lowest BCUT2D eigenvalue weighted by Gasteiger charge is -2.09. The fraction of sp³-hybridized carbons (Fsp3) is 0.250. The average molecular weight is 279 g/mol. The van der Waals surface area contributed by atoms with Gasteiger partial charge in [-0.1, -0.05) is 0 Å². The van der Waals surface area contributed by atoms with Crippen LogP contribution >= 0.6 is 11.3 Å². The van der Waals surface area contributed by atoms with Gasteiger partial charge in [0.25, 0.3) is 5.91 Å². The van der Waals surface area contributed by atoms with E-state index >= 15 is 0 Å². The van der Waals surface area contributed by atoms with E-state index in [0.29, 0.717) is 4.88 Å². The minimum Gasteiger partial charge on any atom is -0.464 e. The predicted octanol–water partition coefficient (Wildman–Crippen LogP) is 1.73. The van der Waals surface area contributed by atoms with E-state index in [0.717, 1.165) is 22.7 Å². The highest BCUT2D eigenvalue weighted by molar-refractivity contribution is 7.15. The lowest BCUT2D eigenvalue weighted by molar-refractivity contribution is 0.0600. The number of aryl methyl sites for hydroxylation is 2. The molecule has 100 valence electrons. The fourth-order valence-electron chi connectivity index (χ4n) is 1.56. The van der Waals surface area contributed by atoms with Crippen LogP contribution in [0.25, 0.3) is 0 Å². The molecule has 1 N–H and O–H groups in total. The number of hydrogen-bond acceptors (Lipinski definition) is 5. The Hall–Kier alpha value is -2.15. The van der Waals surface area contributed by atoms with Gasteiger partial charge in [-0.25, -0.2) is 9.78 Å². The molecule has 0 spiro atoms. The first kappa shape index (κ1) is 13.3. The second kappa shape index (κ2) is 5.23. The third kappa shape index (κ3) is 2.65. The molecule has 6 nitrogen and oxygen atoms in total. The molecule has 2 heterocycles. The lowest BCUT2D eigenvalue weighted by Crippen LogP contribution is -2.23. The highest BCUT2D eigenvalue weighted by Crippen LogP contribution is 2.14. The van der Waals surface area contributed by atoms with Crippen molar-refractivity contribution >= 4 is 23.2 Å². The van der Waals surface area contributed by atoms with Crippen molar-refractivity contribution in [3.63, 3.8) is 0 Å². The quantitative estimate of drug-likeness (QED) is 0.868. The summed E-state index contributed by atoms with van der Waals surface area (Å²) in [6.07, 6.45) is 1.36. The second-order valence-corrected chi connectivity index (χ2v) is 4.94. The Bertz CT molecular complexity index is 610. The molecule has 0 aromatic carbocycles. The topological polar surface area (TPSA) is 73.2 Å². The molecule has 0 atom stereocenters. The van der Waals surface area contributed by atoms with Crippen molar-refractivity contribution in [2.24, 2.45) is 0 Å². The zero-order chi connectivity index (χ0) is 14.0. The number of aromatic nitrogens is 2. The van der Waals surface area contributed by atoms with Gasteiger partial charge >= 0.3 is 5.97 Å². The first-order valence-electron chi connectivity index (χ1n) is 5.53. The van der Waals surface area contributed by atoms with E-state index in [2.05, 4.69) is 15.1 Å². The first-order chi connectivity index (χ1) is 9.02. The number of nitrogens with zero attached hydrogens (tertiary/aromatic N) is 2. The molecule has 0 saturated carbocycles. The van der Waals surface area contributed by atoms with Gasteiger partial charge in [-0.15, -0.1) is 11.3 Å². The summed E-state index contributed by atoms with van der Waals surface area (Å²) in [4.78, 5) is 27.5. The Labute approximate surface area is 114 Å². The Morgan fingerprint density at radius 3 is 2.53 bits per heavy atom. The molecule has 7 heteroatoms. The summed E-state index contributed by atoms with van der Waals surface area (Å²) in [5.74, 6) is -0.854. The summed E-state index contributed by atoms with van der Waals surface area (Å²) >= 11 is 0.996. The summed E-state index contributed by atoms with van der Waals surface area (Å²) in [5.41, 5.74) is 4.58. The smallest absolute Gasteiger partial charge is 0.367 e. The Balaban J connectivity index is 2.17. The summed E-state index contributed by atoms with van der Waals surface area (Å²) in [5, 5.41) is 0.161. The van der Waals surface area contributed by atoms with Gasteiger partial charge in [-0.05, 0) is 26.0 Å². The van der Waals surface area contributed by atoms with Gasteiger partial charge in [0.05, 0.1) is 13.3 Å². The molecule has 2 rings (SSSR count). The van der Waals surface area contributed by atoms with Gasteiger partial charge in [0.15, 0.2) is 0 Å². The number of nitrogens with one attached hydrogen (secondary N) is 1. The maximum Gasteiger partial charge on any atom is 0.367 e. The van der Waals surface area contributed by atoms with Gasteiger partial charge in [-0.2, -0.15) is 0 Å². The molecule has 0 fully saturated rings. The normalized spacial score (nSPS) is 10.3. The molecule has 0 aliphatic heterocycles. The van der Waals surface area contributed by atoms with E-state index in [1.54, 1.807) is 4.68 Å². The van der Waals surface area contributed by atoms with Crippen molar-refractivity contribution < 1.29 is 14.3 Å². The van der Waals surface area contributed by atoms with Gasteiger partial charge in [-0.3, -0.25) is 14.9 Å². The summed E-state index contributed by atoms with van der Waals surface area (Å²) in [6, 6.07) is 3.81. The van der Waals surface area contributed by atoms with Crippen molar-refractivity contribution in [1.82, 2.24) is 9.66 Å². The number of carbonyl (C=O) groups is 2. The average Bonchev–Trinajstić information content (AvgIpc) is 3.00. The van der Waals surface area contributed by atoms with Crippen LogP contribution in [0.5, 0.6) is 0 Å². The van der Waals surface area contributed by atoms with Crippen LogP contribution in [-0.4, -0.2) is 28.6 Å². The summed E-state index contributed by atoms with van der Waals surface area (Å²) < 4.78 is 6.23. The SMILES string of the molecule is COC(=O)c1ncc(C(=O)Nn2c(C)ccc2C)s1. The van der Waals surface area contributed by atoms with Crippen molar-refractivity contribution in [3.8, 4) is 0 Å². The van der Waals surface area contributed by atoms with Crippen molar-refractivity contribution in [2.75, 3.05) is 12.5 Å². The fourth-order valence-corrected chi connectivity index (χ4v) is 2.29. The van der Waals surface area contributed by atoms with E-state index in [1.807, 2.05) is 26.0 Å². The van der Waals surface area contributed by atoms with Gasteiger partial charge in [0, 0.05) is 11.4 Å². The number of hydrogen-bond donors (Lipinski definition) is 1. The molecule has 19 heavy (non-hydrogen) atoms. The molecule has 0 aliphatic rings. The lowest BCUT2D eigenvalue weighted by atomic mass is 10.5. The van der Waals surface area contributed by atoms with Crippen molar-refractivity contribution in [1.29, 1.82) is 0 Å². The number of ether oxygens (including phenoxy) is 1. The maximum absolute atomic E-state index is 12.0. The monoisotopic (exact) mass is 279 g/mol. The molecule has 0 saturated heterocycles. The number of rotatable bonds is 3. The minimum absolute atomic E-state index is 0.161. The van der Waals surface area contributed by atoms with E-state index < -0.39 is 5.97 Å². The Morgan fingerprint density at radius 1 is 1.32 bits per heavy atom. The third-order valence-corrected chi connectivity index (χ3v) is 3.55. The van der Waals surface area contributed by atoms with Crippen LogP contribution < -0.4 is 5.43 Å². The maximum atomic E-state index is 12.0. The van der Waals surface area contributed by atoms with Crippen LogP contribution in [0.3, 0.4) is 0 Å². The Morgan fingerprint density at radius 2 is 1.95 bits per heavy atom. The van der Waals surface area contributed by atoms with E-state index in [-0.39, 0.29) is 10.9 Å². The van der Waals surface area contributed by atoms with Crippen molar-refractivity contribution in [3.05, 3.63) is 39.6 Å². The molecular weight excluding hydrogens is 266 g/mol. The van der Waals surface area contributed by atoms with Crippen LogP contribution in [-0.2, 0) is 4.74 Å². The number of thiazole rings is 1. The number of carbonyl (C=O) groups excluding carboxylic acids is 2. The summed E-state index contributed by atoms with van der Waals surface area (Å²) in [6.45, 7) is 3.78. The molecule has 2 aromatic heterocycles. The highest BCUT2D eigenvalue weighted by Gasteiger charge is 2.16. The van der Waals surface area contributed by atoms with Crippen molar-refractivity contribution in [2.45, 2.75) is 13.8 Å². The van der Waals surface area contributed by atoms with Crippen LogP contribution in [0.1, 0.15) is 30.9 Å². The molecule has 2 aromatic rings. The van der Waals surface area contributed by atoms with Gasteiger partial charge in [0.1, 0.15) is 4.88 Å². The standard InChI is InChI=1S/C12H13N3O3S/c1-7-4-5-8(2)15(7)14-10(16)9-6-13-11(19-9)12(17)18-3/h4-6H,1-3H3,(H,14,16). The molecular formula is C12H13N3O3S.